The zero-order valence-corrected chi connectivity index (χ0v) is 15.5. The van der Waals surface area contributed by atoms with Crippen molar-refractivity contribution in [1.82, 2.24) is 9.55 Å². The summed E-state index contributed by atoms with van der Waals surface area (Å²) in [6.45, 7) is 5.18. The predicted octanol–water partition coefficient (Wildman–Crippen LogP) is 4.43. The van der Waals surface area contributed by atoms with Crippen molar-refractivity contribution >= 4 is 17.2 Å². The summed E-state index contributed by atoms with van der Waals surface area (Å²) >= 11 is 0. The zero-order valence-electron chi connectivity index (χ0n) is 15.5. The Balaban J connectivity index is 1.70. The number of aromatic nitrogens is 2. The Hall–Kier alpha value is -2.63. The molecule has 0 radical (unpaired) electrons. The Morgan fingerprint density at radius 2 is 1.85 bits per heavy atom. The van der Waals surface area contributed by atoms with Gasteiger partial charge in [0.05, 0.1) is 18.7 Å². The molecule has 2 aromatic carbocycles. The molecular weight excluding hydrogens is 340 g/mol. The van der Waals surface area contributed by atoms with Gasteiger partial charge in [-0.15, -0.1) is 0 Å². The molecule has 1 fully saturated rings. The fourth-order valence-corrected chi connectivity index (χ4v) is 4.10. The van der Waals surface area contributed by atoms with Crippen LogP contribution < -0.4 is 4.74 Å². The molecule has 3 aromatic rings. The number of allylic oxidation sites excluding steroid dienone is 1. The summed E-state index contributed by atoms with van der Waals surface area (Å²) in [5, 5.41) is 0. The molecule has 1 aromatic heterocycles. The molecule has 0 bridgehead atoms. The van der Waals surface area contributed by atoms with Gasteiger partial charge in [-0.3, -0.25) is 0 Å². The molecule has 27 heavy (non-hydrogen) atoms. The third-order valence-corrected chi connectivity index (χ3v) is 5.29. The average Bonchev–Trinajstić information content (AvgIpc) is 3.04. The lowest BCUT2D eigenvalue weighted by atomic mass is 9.91. The third-order valence-electron chi connectivity index (χ3n) is 5.29. The van der Waals surface area contributed by atoms with Crippen LogP contribution in [0.15, 0.2) is 48.5 Å². The third kappa shape index (κ3) is 2.58. The van der Waals surface area contributed by atoms with E-state index in [1.54, 1.807) is 0 Å². The minimum atomic E-state index is -0.221. The first-order valence-corrected chi connectivity index (χ1v) is 9.37. The van der Waals surface area contributed by atoms with Crippen LogP contribution in [0.3, 0.4) is 0 Å². The summed E-state index contributed by atoms with van der Waals surface area (Å²) in [5.41, 5.74) is 4.01. The van der Waals surface area contributed by atoms with Crippen LogP contribution in [-0.4, -0.2) is 28.9 Å². The van der Waals surface area contributed by atoms with Crippen LogP contribution in [0.2, 0.25) is 0 Å². The first-order valence-electron chi connectivity index (χ1n) is 9.37. The van der Waals surface area contributed by atoms with Gasteiger partial charge in [-0.1, -0.05) is 42.5 Å². The number of fused-ring (bicyclic) bond motifs is 5. The number of rotatable bonds is 2. The van der Waals surface area contributed by atoms with E-state index in [0.717, 1.165) is 33.7 Å². The van der Waals surface area contributed by atoms with Crippen molar-refractivity contribution in [3.63, 3.8) is 0 Å². The second-order valence-corrected chi connectivity index (χ2v) is 6.94. The molecule has 0 saturated carbocycles. The summed E-state index contributed by atoms with van der Waals surface area (Å²) in [6, 6.07) is 14.4. The molecule has 5 rings (SSSR count). The number of benzene rings is 2. The second kappa shape index (κ2) is 6.51. The zero-order chi connectivity index (χ0) is 18.4. The van der Waals surface area contributed by atoms with Gasteiger partial charge in [-0.05, 0) is 25.5 Å². The van der Waals surface area contributed by atoms with E-state index in [9.17, 15) is 0 Å². The number of aryl methyl sites for hydroxylation is 1. The molecule has 0 amide bonds. The Bertz CT molecular complexity index is 1010. The lowest BCUT2D eigenvalue weighted by Gasteiger charge is -2.41. The van der Waals surface area contributed by atoms with Crippen LogP contribution >= 0.6 is 0 Å². The van der Waals surface area contributed by atoms with Crippen LogP contribution in [0.4, 0.5) is 0 Å². The fraction of sp³-hybridized carbons (Fsp3) is 0.318. The van der Waals surface area contributed by atoms with E-state index in [-0.39, 0.29) is 18.3 Å². The maximum atomic E-state index is 6.54. The molecular formula is C22H22N2O3. The first-order chi connectivity index (χ1) is 13.3. The van der Waals surface area contributed by atoms with Gasteiger partial charge in [0.2, 0.25) is 0 Å². The van der Waals surface area contributed by atoms with E-state index in [1.807, 2.05) is 44.3 Å². The van der Waals surface area contributed by atoms with Gasteiger partial charge in [0.25, 0.3) is 0 Å². The fourth-order valence-electron chi connectivity index (χ4n) is 4.10. The molecule has 0 N–H and O–H groups in total. The van der Waals surface area contributed by atoms with Crippen molar-refractivity contribution in [2.75, 3.05) is 13.2 Å². The molecule has 2 aliphatic rings. The molecule has 5 nitrogen and oxygen atoms in total. The van der Waals surface area contributed by atoms with Crippen LogP contribution in [0.5, 0.6) is 5.75 Å². The largest absolute Gasteiger partial charge is 0.480 e. The summed E-state index contributed by atoms with van der Waals surface area (Å²) in [5.74, 6) is 1.73. The van der Waals surface area contributed by atoms with Crippen molar-refractivity contribution in [3.05, 3.63) is 65.5 Å². The lowest BCUT2D eigenvalue weighted by molar-refractivity contribution is -0.184. The molecule has 3 atom stereocenters. The van der Waals surface area contributed by atoms with Gasteiger partial charge in [0.15, 0.2) is 11.9 Å². The van der Waals surface area contributed by atoms with Crippen LogP contribution in [0, 0.1) is 6.92 Å². The molecule has 0 aliphatic carbocycles. The topological polar surface area (TPSA) is 45.5 Å². The normalized spacial score (nSPS) is 24.6. The summed E-state index contributed by atoms with van der Waals surface area (Å²) in [4.78, 5) is 4.80. The Labute approximate surface area is 158 Å². The quantitative estimate of drug-likeness (QED) is 0.677. The van der Waals surface area contributed by atoms with E-state index in [0.29, 0.717) is 13.2 Å². The van der Waals surface area contributed by atoms with E-state index in [2.05, 4.69) is 28.8 Å². The van der Waals surface area contributed by atoms with Crippen LogP contribution in [0.1, 0.15) is 36.1 Å². The molecule has 138 valence electrons. The van der Waals surface area contributed by atoms with Crippen molar-refractivity contribution in [2.24, 2.45) is 0 Å². The van der Waals surface area contributed by atoms with E-state index < -0.39 is 0 Å². The maximum absolute atomic E-state index is 6.54. The van der Waals surface area contributed by atoms with Gasteiger partial charge >= 0.3 is 0 Å². The van der Waals surface area contributed by atoms with Crippen LogP contribution in [-0.2, 0) is 9.47 Å². The monoisotopic (exact) mass is 362 g/mol. The summed E-state index contributed by atoms with van der Waals surface area (Å²) in [6.07, 6.45) is 3.50. The highest BCUT2D eigenvalue weighted by Gasteiger charge is 2.43. The highest BCUT2D eigenvalue weighted by atomic mass is 16.6. The van der Waals surface area contributed by atoms with Crippen molar-refractivity contribution < 1.29 is 14.2 Å². The summed E-state index contributed by atoms with van der Waals surface area (Å²) < 4.78 is 20.9. The smallest absolute Gasteiger partial charge is 0.154 e. The van der Waals surface area contributed by atoms with Gasteiger partial charge in [0, 0.05) is 11.8 Å². The number of imidazole rings is 1. The van der Waals surface area contributed by atoms with Crippen LogP contribution in [0.25, 0.3) is 17.2 Å². The number of hydrogen-bond acceptors (Lipinski definition) is 4. The Kier molecular flexibility index (Phi) is 3.99. The standard InChI is InChI=1S/C22H22N2O3/c1-3-11-24-14(2)23-18-17(24)10-9-16-20(18)27-19(15-7-5-4-6-8-15)22-21(16)25-12-13-26-22/h3-11,19,21-22H,12-13H2,1-2H3/b11-3-/t19-,21-,22-/m1/s1. The molecule has 5 heteroatoms. The van der Waals surface area contributed by atoms with Gasteiger partial charge < -0.3 is 18.8 Å². The SMILES string of the molecule is C/C=C\n1c(C)nc2c3c(ccc21)[C@H]1OCCO[C@@H]1[C@@H](c1ccccc1)O3. The minimum Gasteiger partial charge on any atom is -0.480 e. The number of hydrogen-bond donors (Lipinski definition) is 0. The molecule has 3 heterocycles. The maximum Gasteiger partial charge on any atom is 0.154 e. The Morgan fingerprint density at radius 3 is 2.67 bits per heavy atom. The minimum absolute atomic E-state index is 0.149. The molecule has 1 saturated heterocycles. The van der Waals surface area contributed by atoms with Gasteiger partial charge in [-0.25, -0.2) is 4.98 Å². The number of ether oxygens (including phenoxy) is 3. The molecule has 0 unspecified atom stereocenters. The van der Waals surface area contributed by atoms with E-state index in [4.69, 9.17) is 19.2 Å². The van der Waals surface area contributed by atoms with Gasteiger partial charge in [-0.2, -0.15) is 0 Å². The second-order valence-electron chi connectivity index (χ2n) is 6.94. The Morgan fingerprint density at radius 1 is 1.04 bits per heavy atom. The predicted molar refractivity (Wildman–Crippen MR) is 104 cm³/mol. The van der Waals surface area contributed by atoms with Crippen molar-refractivity contribution in [3.8, 4) is 5.75 Å². The molecule has 2 aliphatic heterocycles. The van der Waals surface area contributed by atoms with Gasteiger partial charge in [0.1, 0.15) is 23.5 Å². The van der Waals surface area contributed by atoms with Crippen molar-refractivity contribution in [2.45, 2.75) is 32.2 Å². The van der Waals surface area contributed by atoms with Crippen molar-refractivity contribution in [1.29, 1.82) is 0 Å². The van der Waals surface area contributed by atoms with E-state index in [1.165, 1.54) is 0 Å². The highest BCUT2D eigenvalue weighted by Crippen LogP contribution is 2.48. The molecule has 0 spiro atoms. The first kappa shape index (κ1) is 16.5. The number of nitrogens with zero attached hydrogens (tertiary/aromatic N) is 2. The highest BCUT2D eigenvalue weighted by molar-refractivity contribution is 5.86. The lowest BCUT2D eigenvalue weighted by Crippen LogP contribution is -2.42. The average molecular weight is 362 g/mol. The summed E-state index contributed by atoms with van der Waals surface area (Å²) in [7, 11) is 0. The van der Waals surface area contributed by atoms with E-state index >= 15 is 0 Å².